The minimum absolute atomic E-state index is 0.223. The Morgan fingerprint density at radius 1 is 1.20 bits per heavy atom. The van der Waals surface area contributed by atoms with Crippen LogP contribution in [0.15, 0.2) is 29.2 Å². The van der Waals surface area contributed by atoms with Crippen LogP contribution in [-0.4, -0.2) is 15.0 Å². The Kier molecular flexibility index (Phi) is 4.85. The number of hydrogen-bond acceptors (Lipinski definition) is 3. The van der Waals surface area contributed by atoms with E-state index in [-0.39, 0.29) is 11.5 Å². The summed E-state index contributed by atoms with van der Waals surface area (Å²) in [4.78, 5) is 0.223. The van der Waals surface area contributed by atoms with Gasteiger partial charge in [0.15, 0.2) is 0 Å². The molecule has 0 atom stereocenters. The van der Waals surface area contributed by atoms with Crippen LogP contribution in [-0.2, 0) is 14.3 Å². The molecule has 4 heteroatoms. The lowest BCUT2D eigenvalue weighted by Crippen LogP contribution is -2.20. The smallest absolute Gasteiger partial charge is 0.266 e. The third kappa shape index (κ3) is 3.84. The highest BCUT2D eigenvalue weighted by atomic mass is 32.2. The molecule has 0 bridgehead atoms. The van der Waals surface area contributed by atoms with E-state index < -0.39 is 10.1 Å². The van der Waals surface area contributed by atoms with E-state index in [1.807, 2.05) is 6.92 Å². The van der Waals surface area contributed by atoms with E-state index >= 15 is 0 Å². The summed E-state index contributed by atoms with van der Waals surface area (Å²) < 4.78 is 29.3. The lowest BCUT2D eigenvalue weighted by molar-refractivity contribution is 0.201. The zero-order valence-electron chi connectivity index (χ0n) is 11.7. The number of aryl methyl sites for hydroxylation is 1. The van der Waals surface area contributed by atoms with Crippen molar-refractivity contribution in [3.05, 3.63) is 29.8 Å². The van der Waals surface area contributed by atoms with Crippen molar-refractivity contribution in [1.82, 2.24) is 0 Å². The van der Waals surface area contributed by atoms with Gasteiger partial charge in [-0.05, 0) is 50.7 Å². The Morgan fingerprint density at radius 3 is 2.35 bits per heavy atom. The predicted octanol–water partition coefficient (Wildman–Crippen LogP) is 3.14. The summed E-state index contributed by atoms with van der Waals surface area (Å²) in [7, 11) is -3.64. The first-order valence-electron chi connectivity index (χ1n) is 6.93. The molecule has 108 valence electrons. The third-order valence-corrected chi connectivity index (χ3v) is 5.15. The van der Waals surface area contributed by atoms with Crippen LogP contribution in [0.2, 0.25) is 0 Å². The van der Waals surface area contributed by atoms with Gasteiger partial charge in [-0.25, -0.2) is 0 Å². The van der Waals surface area contributed by atoms with Crippen molar-refractivity contribution in [1.29, 1.82) is 0 Å². The summed E-state index contributed by atoms with van der Waals surface area (Å²) in [6, 6.07) is 6.71. The van der Waals surface area contributed by atoms with Crippen LogP contribution < -0.4 is 0 Å². The largest absolute Gasteiger partial charge is 0.296 e. The van der Waals surface area contributed by atoms with Gasteiger partial charge in [0.25, 0.3) is 10.1 Å². The van der Waals surface area contributed by atoms with E-state index in [1.165, 1.54) is 0 Å². The maximum absolute atomic E-state index is 12.1. The highest BCUT2D eigenvalue weighted by Crippen LogP contribution is 2.29. The molecule has 3 nitrogen and oxygen atoms in total. The monoisotopic (exact) mass is 292 g/mol. The number of hydrogen-bond donors (Lipinski definition) is 0. The van der Waals surface area contributed by atoms with Crippen molar-refractivity contribution in [2.24, 2.45) is 11.8 Å². The Hall–Kier alpha value is -1.31. The molecule has 0 aromatic heterocycles. The SMILES string of the molecule is C#CC1CCC(COS(=O)(=O)c2ccc(C)cc2)CC1. The Balaban J connectivity index is 1.90. The summed E-state index contributed by atoms with van der Waals surface area (Å²) in [6.45, 7) is 2.18. The molecule has 0 heterocycles. The summed E-state index contributed by atoms with van der Waals surface area (Å²) in [5.41, 5.74) is 1.02. The average Bonchev–Trinajstić information content (AvgIpc) is 2.46. The van der Waals surface area contributed by atoms with Gasteiger partial charge in [-0.2, -0.15) is 8.42 Å². The predicted molar refractivity (Wildman–Crippen MR) is 78.6 cm³/mol. The molecule has 1 aromatic carbocycles. The lowest BCUT2D eigenvalue weighted by Gasteiger charge is -2.25. The molecular formula is C16H20O3S. The van der Waals surface area contributed by atoms with Crippen molar-refractivity contribution in [3.63, 3.8) is 0 Å². The molecule has 1 saturated carbocycles. The third-order valence-electron chi connectivity index (χ3n) is 3.85. The van der Waals surface area contributed by atoms with E-state index in [0.29, 0.717) is 11.8 Å². The highest BCUT2D eigenvalue weighted by Gasteiger charge is 2.23. The van der Waals surface area contributed by atoms with Crippen molar-refractivity contribution in [2.45, 2.75) is 37.5 Å². The van der Waals surface area contributed by atoms with Crippen LogP contribution in [0.4, 0.5) is 0 Å². The lowest BCUT2D eigenvalue weighted by atomic mass is 9.83. The van der Waals surface area contributed by atoms with Crippen molar-refractivity contribution in [2.75, 3.05) is 6.61 Å². The molecule has 2 rings (SSSR count). The van der Waals surface area contributed by atoms with Gasteiger partial charge in [0.05, 0.1) is 11.5 Å². The van der Waals surface area contributed by atoms with Crippen molar-refractivity contribution < 1.29 is 12.6 Å². The second-order valence-corrected chi connectivity index (χ2v) is 7.05. The maximum atomic E-state index is 12.1. The van der Waals surface area contributed by atoms with Gasteiger partial charge < -0.3 is 0 Å². The quantitative estimate of drug-likeness (QED) is 0.632. The topological polar surface area (TPSA) is 43.4 Å². The molecule has 20 heavy (non-hydrogen) atoms. The molecule has 1 aromatic rings. The first-order valence-corrected chi connectivity index (χ1v) is 8.34. The number of benzene rings is 1. The van der Waals surface area contributed by atoms with Crippen LogP contribution in [0.5, 0.6) is 0 Å². The average molecular weight is 292 g/mol. The summed E-state index contributed by atoms with van der Waals surface area (Å²) in [5, 5.41) is 0. The fourth-order valence-corrected chi connectivity index (χ4v) is 3.43. The number of rotatable bonds is 4. The second-order valence-electron chi connectivity index (χ2n) is 5.44. The van der Waals surface area contributed by atoms with Gasteiger partial charge in [0.1, 0.15) is 0 Å². The van der Waals surface area contributed by atoms with Crippen molar-refractivity contribution in [3.8, 4) is 12.3 Å². The maximum Gasteiger partial charge on any atom is 0.296 e. The van der Waals surface area contributed by atoms with E-state index in [1.54, 1.807) is 24.3 Å². The molecule has 0 unspecified atom stereocenters. The standard InChI is InChI=1S/C16H20O3S/c1-3-14-6-8-15(9-7-14)12-19-20(17,18)16-10-4-13(2)5-11-16/h1,4-5,10-11,14-15H,6-9,12H2,2H3. The molecule has 0 amide bonds. The Labute approximate surface area is 121 Å². The minimum Gasteiger partial charge on any atom is -0.266 e. The molecule has 0 spiro atoms. The van der Waals surface area contributed by atoms with Crippen LogP contribution >= 0.6 is 0 Å². The van der Waals surface area contributed by atoms with Crippen LogP contribution in [0.25, 0.3) is 0 Å². The summed E-state index contributed by atoms with van der Waals surface area (Å²) >= 11 is 0. The van der Waals surface area contributed by atoms with Gasteiger partial charge in [-0.15, -0.1) is 12.3 Å². The Bertz CT molecular complexity index is 573. The van der Waals surface area contributed by atoms with Crippen LogP contribution in [0.3, 0.4) is 0 Å². The molecule has 0 saturated heterocycles. The van der Waals surface area contributed by atoms with Gasteiger partial charge >= 0.3 is 0 Å². The molecule has 0 aliphatic heterocycles. The number of terminal acetylenes is 1. The van der Waals surface area contributed by atoms with Gasteiger partial charge in [-0.3, -0.25) is 4.18 Å². The van der Waals surface area contributed by atoms with Crippen LogP contribution in [0, 0.1) is 31.1 Å². The molecule has 1 aliphatic carbocycles. The van der Waals surface area contributed by atoms with Gasteiger partial charge in [0, 0.05) is 5.92 Å². The second kappa shape index (κ2) is 6.43. The Morgan fingerprint density at radius 2 is 1.80 bits per heavy atom. The normalized spacial score (nSPS) is 23.2. The van der Waals surface area contributed by atoms with Crippen molar-refractivity contribution >= 4 is 10.1 Å². The van der Waals surface area contributed by atoms with E-state index in [4.69, 9.17) is 10.6 Å². The summed E-state index contributed by atoms with van der Waals surface area (Å²) in [5.74, 6) is 3.41. The fraction of sp³-hybridized carbons (Fsp3) is 0.500. The minimum atomic E-state index is -3.64. The van der Waals surface area contributed by atoms with Crippen LogP contribution in [0.1, 0.15) is 31.2 Å². The first kappa shape index (κ1) is 15.1. The first-order chi connectivity index (χ1) is 9.51. The molecule has 0 N–H and O–H groups in total. The summed E-state index contributed by atoms with van der Waals surface area (Å²) in [6.07, 6.45) is 9.22. The molecule has 1 aliphatic rings. The zero-order chi connectivity index (χ0) is 14.6. The van der Waals surface area contributed by atoms with E-state index in [9.17, 15) is 8.42 Å². The molecule has 1 fully saturated rings. The van der Waals surface area contributed by atoms with Gasteiger partial charge in [-0.1, -0.05) is 17.7 Å². The van der Waals surface area contributed by atoms with Gasteiger partial charge in [0.2, 0.25) is 0 Å². The molecular weight excluding hydrogens is 272 g/mol. The molecule has 0 radical (unpaired) electrons. The zero-order valence-corrected chi connectivity index (χ0v) is 12.5. The fourth-order valence-electron chi connectivity index (χ4n) is 2.45. The van der Waals surface area contributed by atoms with E-state index in [0.717, 1.165) is 31.2 Å². The highest BCUT2D eigenvalue weighted by molar-refractivity contribution is 7.86. The van der Waals surface area contributed by atoms with E-state index in [2.05, 4.69) is 5.92 Å².